The SMILES string of the molecule is CC1(C)C2=C(CN1C(=O)N[C@H](CCCO)c1ccccc1)C(NC(=O)C1([Si](C)(C)C)CCC1)=NC2. The Balaban J connectivity index is 1.48. The number of nitrogens with zero attached hydrogens (tertiary/aromatic N) is 2. The first-order chi connectivity index (χ1) is 16.5. The summed E-state index contributed by atoms with van der Waals surface area (Å²) in [6.45, 7) is 11.9. The van der Waals surface area contributed by atoms with Crippen molar-refractivity contribution in [2.45, 2.75) is 82.2 Å². The van der Waals surface area contributed by atoms with E-state index in [9.17, 15) is 14.7 Å². The number of hydrogen-bond acceptors (Lipinski definition) is 4. The molecule has 4 rings (SSSR count). The zero-order valence-electron chi connectivity index (χ0n) is 21.8. The number of aliphatic imine (C=N–C) groups is 1. The summed E-state index contributed by atoms with van der Waals surface area (Å²) in [7, 11) is -1.69. The second kappa shape index (κ2) is 9.54. The van der Waals surface area contributed by atoms with Gasteiger partial charge in [-0.15, -0.1) is 0 Å². The quantitative estimate of drug-likeness (QED) is 0.489. The van der Waals surface area contributed by atoms with Crippen molar-refractivity contribution in [2.24, 2.45) is 4.99 Å². The molecule has 8 heteroatoms. The number of rotatable bonds is 7. The van der Waals surface area contributed by atoms with Crippen LogP contribution in [0.4, 0.5) is 4.79 Å². The molecule has 1 fully saturated rings. The van der Waals surface area contributed by atoms with E-state index in [2.05, 4.69) is 44.1 Å². The van der Waals surface area contributed by atoms with Crippen LogP contribution in [0.3, 0.4) is 0 Å². The number of benzene rings is 1. The molecule has 0 saturated heterocycles. The molecule has 2 heterocycles. The van der Waals surface area contributed by atoms with E-state index < -0.39 is 13.6 Å². The van der Waals surface area contributed by atoms with Gasteiger partial charge in [-0.2, -0.15) is 0 Å². The first kappa shape index (κ1) is 25.6. The Bertz CT molecular complexity index is 1040. The fraction of sp³-hybridized carbons (Fsp3) is 0.593. The van der Waals surface area contributed by atoms with Crippen molar-refractivity contribution in [2.75, 3.05) is 19.7 Å². The van der Waals surface area contributed by atoms with Gasteiger partial charge in [0.2, 0.25) is 5.91 Å². The number of aliphatic hydroxyl groups excluding tert-OH is 1. The number of carbonyl (C=O) groups is 2. The second-order valence-electron chi connectivity index (χ2n) is 11.7. The minimum Gasteiger partial charge on any atom is -0.396 e. The van der Waals surface area contributed by atoms with Crippen LogP contribution in [-0.4, -0.2) is 61.1 Å². The van der Waals surface area contributed by atoms with E-state index in [1.807, 2.05) is 35.2 Å². The summed E-state index contributed by atoms with van der Waals surface area (Å²) in [5.74, 6) is 0.766. The van der Waals surface area contributed by atoms with Gasteiger partial charge in [-0.25, -0.2) is 4.79 Å². The molecule has 1 atom stereocenters. The lowest BCUT2D eigenvalue weighted by atomic mass is 9.83. The molecule has 3 aliphatic rings. The van der Waals surface area contributed by atoms with Crippen LogP contribution in [0.25, 0.3) is 0 Å². The van der Waals surface area contributed by atoms with Gasteiger partial charge in [0.05, 0.1) is 32.7 Å². The molecule has 0 aromatic heterocycles. The van der Waals surface area contributed by atoms with Crippen LogP contribution >= 0.6 is 0 Å². The summed E-state index contributed by atoms with van der Waals surface area (Å²) in [6.07, 6.45) is 4.30. The summed E-state index contributed by atoms with van der Waals surface area (Å²) in [5, 5.41) is 15.5. The summed E-state index contributed by atoms with van der Waals surface area (Å²) < 4.78 is 0. The zero-order valence-corrected chi connectivity index (χ0v) is 22.8. The van der Waals surface area contributed by atoms with Crippen molar-refractivity contribution in [3.63, 3.8) is 0 Å². The highest BCUT2D eigenvalue weighted by Gasteiger charge is 2.54. The van der Waals surface area contributed by atoms with E-state index in [0.29, 0.717) is 31.8 Å². The van der Waals surface area contributed by atoms with E-state index in [1.54, 1.807) is 0 Å². The van der Waals surface area contributed by atoms with Gasteiger partial charge in [0.1, 0.15) is 5.84 Å². The number of nitrogens with one attached hydrogen (secondary N) is 2. The number of amides is 3. The first-order valence-corrected chi connectivity index (χ1v) is 16.3. The summed E-state index contributed by atoms with van der Waals surface area (Å²) >= 11 is 0. The van der Waals surface area contributed by atoms with E-state index >= 15 is 0 Å². The average molecular weight is 497 g/mol. The van der Waals surface area contributed by atoms with E-state index in [1.165, 1.54) is 0 Å². The van der Waals surface area contributed by atoms with Crippen molar-refractivity contribution in [1.82, 2.24) is 15.5 Å². The molecule has 0 radical (unpaired) electrons. The molecular weight excluding hydrogens is 456 g/mol. The fourth-order valence-corrected chi connectivity index (χ4v) is 8.39. The Hall–Kier alpha value is -2.45. The molecule has 7 nitrogen and oxygen atoms in total. The van der Waals surface area contributed by atoms with Crippen LogP contribution in [0.2, 0.25) is 24.7 Å². The van der Waals surface area contributed by atoms with Crippen LogP contribution in [0.5, 0.6) is 0 Å². The molecule has 1 aromatic rings. The highest BCUT2D eigenvalue weighted by Crippen LogP contribution is 2.55. The summed E-state index contributed by atoms with van der Waals surface area (Å²) in [6, 6.07) is 9.57. The lowest BCUT2D eigenvalue weighted by molar-refractivity contribution is -0.125. The molecule has 0 spiro atoms. The van der Waals surface area contributed by atoms with Crippen LogP contribution in [0.15, 0.2) is 46.5 Å². The second-order valence-corrected chi connectivity index (χ2v) is 17.1. The number of hydrogen-bond donors (Lipinski definition) is 3. The topological polar surface area (TPSA) is 94.0 Å². The van der Waals surface area contributed by atoms with Crippen molar-refractivity contribution in [3.8, 4) is 0 Å². The highest BCUT2D eigenvalue weighted by molar-refractivity contribution is 6.82. The van der Waals surface area contributed by atoms with E-state index in [4.69, 9.17) is 4.99 Å². The summed E-state index contributed by atoms with van der Waals surface area (Å²) in [4.78, 5) is 33.5. The Morgan fingerprint density at radius 3 is 2.43 bits per heavy atom. The maximum atomic E-state index is 13.5. The Morgan fingerprint density at radius 2 is 1.86 bits per heavy atom. The first-order valence-electron chi connectivity index (χ1n) is 12.8. The van der Waals surface area contributed by atoms with Gasteiger partial charge in [0.25, 0.3) is 0 Å². The van der Waals surface area contributed by atoms with Gasteiger partial charge in [-0.1, -0.05) is 56.4 Å². The van der Waals surface area contributed by atoms with Crippen LogP contribution in [0.1, 0.15) is 57.6 Å². The average Bonchev–Trinajstić information content (AvgIpc) is 3.27. The third kappa shape index (κ3) is 4.58. The van der Waals surface area contributed by atoms with Gasteiger partial charge in [0, 0.05) is 17.2 Å². The van der Waals surface area contributed by atoms with Crippen molar-refractivity contribution in [3.05, 3.63) is 47.0 Å². The lowest BCUT2D eigenvalue weighted by Gasteiger charge is -2.49. The van der Waals surface area contributed by atoms with E-state index in [-0.39, 0.29) is 29.6 Å². The predicted octanol–water partition coefficient (Wildman–Crippen LogP) is 4.39. The Labute approximate surface area is 210 Å². The zero-order chi connectivity index (χ0) is 25.4. The minimum absolute atomic E-state index is 0.0860. The minimum atomic E-state index is -1.69. The predicted molar refractivity (Wildman–Crippen MR) is 142 cm³/mol. The standard InChI is InChI=1S/C27H40N4O3Si/c1-26(2)21-17-28-23(30-24(33)27(14-10-15-27)35(3,4)5)20(21)18-31(26)25(34)29-22(13-9-16-32)19-11-7-6-8-12-19/h6-8,11-12,22,32H,9-10,13-18H2,1-5H3,(H,29,34)(H,28,30,33)/t22-/m1/s1. The lowest BCUT2D eigenvalue weighted by Crippen LogP contribution is -2.55. The smallest absolute Gasteiger partial charge is 0.318 e. The Morgan fingerprint density at radius 1 is 1.17 bits per heavy atom. The van der Waals surface area contributed by atoms with Crippen molar-refractivity contribution < 1.29 is 14.7 Å². The number of urea groups is 1. The number of aliphatic hydroxyl groups is 1. The molecular formula is C27H40N4O3Si. The third-order valence-electron chi connectivity index (χ3n) is 8.48. The van der Waals surface area contributed by atoms with Gasteiger partial charge in [0.15, 0.2) is 0 Å². The van der Waals surface area contributed by atoms with Crippen LogP contribution in [-0.2, 0) is 4.79 Å². The molecule has 3 N–H and O–H groups in total. The monoisotopic (exact) mass is 496 g/mol. The van der Waals surface area contributed by atoms with Crippen LogP contribution in [0, 0.1) is 0 Å². The molecule has 3 amide bonds. The van der Waals surface area contributed by atoms with Gasteiger partial charge < -0.3 is 20.6 Å². The number of amidine groups is 1. The normalized spacial score (nSPS) is 21.2. The van der Waals surface area contributed by atoms with E-state index in [0.717, 1.165) is 36.0 Å². The third-order valence-corrected chi connectivity index (χ3v) is 12.1. The molecule has 0 bridgehead atoms. The fourth-order valence-electron chi connectivity index (χ4n) is 5.79. The molecule has 1 aromatic carbocycles. The molecule has 1 aliphatic carbocycles. The molecule has 1 saturated carbocycles. The molecule has 35 heavy (non-hydrogen) atoms. The highest BCUT2D eigenvalue weighted by atomic mass is 28.3. The maximum Gasteiger partial charge on any atom is 0.318 e. The van der Waals surface area contributed by atoms with Gasteiger partial charge >= 0.3 is 6.03 Å². The van der Waals surface area contributed by atoms with Crippen molar-refractivity contribution in [1.29, 1.82) is 0 Å². The van der Waals surface area contributed by atoms with Crippen molar-refractivity contribution >= 4 is 25.8 Å². The van der Waals surface area contributed by atoms with Gasteiger partial charge in [-0.3, -0.25) is 9.79 Å². The molecule has 0 unspecified atom stereocenters. The summed E-state index contributed by atoms with van der Waals surface area (Å²) in [5.41, 5.74) is 2.61. The Kier molecular flexibility index (Phi) is 6.99. The van der Waals surface area contributed by atoms with Gasteiger partial charge in [-0.05, 0) is 50.7 Å². The van der Waals surface area contributed by atoms with Crippen LogP contribution < -0.4 is 10.6 Å². The number of carbonyl (C=O) groups excluding carboxylic acids is 2. The maximum absolute atomic E-state index is 13.5. The molecule has 190 valence electrons. The largest absolute Gasteiger partial charge is 0.396 e. The molecule has 2 aliphatic heterocycles.